The van der Waals surface area contributed by atoms with Crippen LogP contribution in [0.1, 0.15) is 18.0 Å². The lowest BCUT2D eigenvalue weighted by atomic mass is 10.1. The molecule has 9 heteroatoms. The zero-order valence-corrected chi connectivity index (χ0v) is 16.8. The van der Waals surface area contributed by atoms with E-state index >= 15 is 0 Å². The van der Waals surface area contributed by atoms with Gasteiger partial charge in [-0.2, -0.15) is 4.98 Å². The SMILES string of the molecule is COc1ccc(OC)c(NC(=O)C[C@H]2C(=O)Nc3nc(-c4ccc(C)cc4)nn32)c1. The van der Waals surface area contributed by atoms with Crippen LogP contribution in [0.25, 0.3) is 11.4 Å². The van der Waals surface area contributed by atoms with Gasteiger partial charge in [-0.3, -0.25) is 14.9 Å². The molecule has 1 aromatic heterocycles. The molecule has 0 fully saturated rings. The van der Waals surface area contributed by atoms with Crippen LogP contribution < -0.4 is 20.1 Å². The van der Waals surface area contributed by atoms with Crippen molar-refractivity contribution in [2.24, 2.45) is 0 Å². The second-order valence-electron chi connectivity index (χ2n) is 6.89. The number of rotatable bonds is 6. The van der Waals surface area contributed by atoms with E-state index < -0.39 is 6.04 Å². The molecule has 0 bridgehead atoms. The highest BCUT2D eigenvalue weighted by molar-refractivity contribution is 6.01. The molecular formula is C21H21N5O4. The van der Waals surface area contributed by atoms with Crippen molar-refractivity contribution in [2.45, 2.75) is 19.4 Å². The van der Waals surface area contributed by atoms with Gasteiger partial charge in [-0.1, -0.05) is 29.8 Å². The Balaban J connectivity index is 1.53. The zero-order chi connectivity index (χ0) is 21.3. The Morgan fingerprint density at radius 2 is 1.93 bits per heavy atom. The number of hydrogen-bond acceptors (Lipinski definition) is 6. The van der Waals surface area contributed by atoms with E-state index in [4.69, 9.17) is 9.47 Å². The lowest BCUT2D eigenvalue weighted by Crippen LogP contribution is -2.24. The third-order valence-corrected chi connectivity index (χ3v) is 4.83. The van der Waals surface area contributed by atoms with Crippen LogP contribution in [-0.2, 0) is 9.59 Å². The molecule has 0 saturated heterocycles. The van der Waals surface area contributed by atoms with Crippen LogP contribution >= 0.6 is 0 Å². The standard InChI is InChI=1S/C21H21N5O4/c1-12-4-6-13(7-5-12)19-23-21-24-20(28)16(26(21)25-19)11-18(27)22-15-10-14(29-2)8-9-17(15)30-3/h4-10,16H,11H2,1-3H3,(H,22,27)(H,23,24,25,28)/t16-/m0/s1. The summed E-state index contributed by atoms with van der Waals surface area (Å²) in [6, 6.07) is 12.1. The third-order valence-electron chi connectivity index (χ3n) is 4.83. The van der Waals surface area contributed by atoms with Crippen molar-refractivity contribution in [1.29, 1.82) is 0 Å². The Kier molecular flexibility index (Phi) is 5.09. The van der Waals surface area contributed by atoms with E-state index in [0.29, 0.717) is 29.0 Å². The summed E-state index contributed by atoms with van der Waals surface area (Å²) in [5.41, 5.74) is 2.42. The molecule has 2 N–H and O–H groups in total. The predicted molar refractivity (Wildman–Crippen MR) is 111 cm³/mol. The van der Waals surface area contributed by atoms with Gasteiger partial charge in [-0.25, -0.2) is 4.68 Å². The molecule has 1 atom stereocenters. The summed E-state index contributed by atoms with van der Waals surface area (Å²) < 4.78 is 11.9. The number of amides is 2. The highest BCUT2D eigenvalue weighted by atomic mass is 16.5. The van der Waals surface area contributed by atoms with Crippen LogP contribution in [0.2, 0.25) is 0 Å². The van der Waals surface area contributed by atoms with Crippen molar-refractivity contribution in [2.75, 3.05) is 24.9 Å². The number of aromatic nitrogens is 3. The van der Waals surface area contributed by atoms with Crippen molar-refractivity contribution >= 4 is 23.5 Å². The van der Waals surface area contributed by atoms with Crippen LogP contribution in [0.4, 0.5) is 11.6 Å². The molecule has 1 aliphatic heterocycles. The molecule has 4 rings (SSSR count). The van der Waals surface area contributed by atoms with E-state index in [-0.39, 0.29) is 18.2 Å². The van der Waals surface area contributed by atoms with Gasteiger partial charge in [0, 0.05) is 11.6 Å². The third kappa shape index (κ3) is 3.69. The Hall–Kier alpha value is -3.88. The van der Waals surface area contributed by atoms with Crippen molar-refractivity contribution in [3.63, 3.8) is 0 Å². The molecule has 0 spiro atoms. The smallest absolute Gasteiger partial charge is 0.252 e. The van der Waals surface area contributed by atoms with Crippen molar-refractivity contribution in [3.8, 4) is 22.9 Å². The Labute approximate surface area is 173 Å². The minimum absolute atomic E-state index is 0.101. The highest BCUT2D eigenvalue weighted by Crippen LogP contribution is 2.31. The maximum absolute atomic E-state index is 12.7. The first kappa shape index (κ1) is 19.4. The molecule has 0 aliphatic carbocycles. The highest BCUT2D eigenvalue weighted by Gasteiger charge is 2.35. The number of ether oxygens (including phenoxy) is 2. The second kappa shape index (κ2) is 7.86. The predicted octanol–water partition coefficient (Wildman–Crippen LogP) is 2.79. The summed E-state index contributed by atoms with van der Waals surface area (Å²) in [6.45, 7) is 2.00. The lowest BCUT2D eigenvalue weighted by molar-refractivity contribution is -0.123. The number of hydrogen-bond donors (Lipinski definition) is 2. The van der Waals surface area contributed by atoms with Gasteiger partial charge in [-0.15, -0.1) is 5.10 Å². The molecule has 30 heavy (non-hydrogen) atoms. The van der Waals surface area contributed by atoms with Crippen molar-refractivity contribution < 1.29 is 19.1 Å². The number of nitrogens with zero attached hydrogens (tertiary/aromatic N) is 3. The summed E-state index contributed by atoms with van der Waals surface area (Å²) in [5, 5.41) is 9.90. The van der Waals surface area contributed by atoms with E-state index in [1.165, 1.54) is 18.9 Å². The molecule has 154 valence electrons. The number of methoxy groups -OCH3 is 2. The van der Waals surface area contributed by atoms with E-state index in [1.807, 2.05) is 31.2 Å². The zero-order valence-electron chi connectivity index (χ0n) is 16.8. The number of anilines is 2. The van der Waals surface area contributed by atoms with Crippen LogP contribution in [0.15, 0.2) is 42.5 Å². The molecule has 2 aromatic carbocycles. The van der Waals surface area contributed by atoms with E-state index in [1.54, 1.807) is 18.2 Å². The van der Waals surface area contributed by atoms with E-state index in [0.717, 1.165) is 11.1 Å². The van der Waals surface area contributed by atoms with Gasteiger partial charge in [0.1, 0.15) is 17.5 Å². The fraction of sp³-hybridized carbons (Fsp3) is 0.238. The molecule has 0 saturated carbocycles. The monoisotopic (exact) mass is 407 g/mol. The Morgan fingerprint density at radius 1 is 1.17 bits per heavy atom. The first-order valence-corrected chi connectivity index (χ1v) is 9.35. The molecule has 0 radical (unpaired) electrons. The van der Waals surface area contributed by atoms with E-state index in [2.05, 4.69) is 20.7 Å². The van der Waals surface area contributed by atoms with Gasteiger partial charge in [0.2, 0.25) is 11.9 Å². The molecule has 1 aliphatic rings. The van der Waals surface area contributed by atoms with Gasteiger partial charge < -0.3 is 14.8 Å². The molecular weight excluding hydrogens is 386 g/mol. The minimum atomic E-state index is -0.789. The normalized spacial score (nSPS) is 14.8. The number of nitrogens with one attached hydrogen (secondary N) is 2. The summed E-state index contributed by atoms with van der Waals surface area (Å²) in [5.74, 6) is 1.20. The quantitative estimate of drug-likeness (QED) is 0.651. The number of carbonyl (C=O) groups excluding carboxylic acids is 2. The summed E-state index contributed by atoms with van der Waals surface area (Å²) >= 11 is 0. The van der Waals surface area contributed by atoms with Crippen molar-refractivity contribution in [1.82, 2.24) is 14.8 Å². The summed E-state index contributed by atoms with van der Waals surface area (Å²) in [6.07, 6.45) is -0.101. The van der Waals surface area contributed by atoms with Crippen LogP contribution in [0.5, 0.6) is 11.5 Å². The molecule has 2 amide bonds. The first-order chi connectivity index (χ1) is 14.5. The molecule has 0 unspecified atom stereocenters. The fourth-order valence-corrected chi connectivity index (χ4v) is 3.22. The average Bonchev–Trinajstić information content (AvgIpc) is 3.27. The maximum Gasteiger partial charge on any atom is 0.252 e. The topological polar surface area (TPSA) is 107 Å². The maximum atomic E-state index is 12.7. The molecule has 9 nitrogen and oxygen atoms in total. The first-order valence-electron chi connectivity index (χ1n) is 9.35. The molecule has 3 aromatic rings. The van der Waals surface area contributed by atoms with Crippen LogP contribution in [0.3, 0.4) is 0 Å². The van der Waals surface area contributed by atoms with Gasteiger partial charge in [0.15, 0.2) is 5.82 Å². The van der Waals surface area contributed by atoms with E-state index in [9.17, 15) is 9.59 Å². The largest absolute Gasteiger partial charge is 0.497 e. The number of carbonyl (C=O) groups is 2. The van der Waals surface area contributed by atoms with Crippen LogP contribution in [-0.4, -0.2) is 40.8 Å². The minimum Gasteiger partial charge on any atom is -0.497 e. The van der Waals surface area contributed by atoms with Gasteiger partial charge in [0.25, 0.3) is 5.91 Å². The van der Waals surface area contributed by atoms with Crippen molar-refractivity contribution in [3.05, 3.63) is 48.0 Å². The number of aryl methyl sites for hydroxylation is 1. The Bertz CT molecular complexity index is 1110. The Morgan fingerprint density at radius 3 is 2.63 bits per heavy atom. The lowest BCUT2D eigenvalue weighted by Gasteiger charge is -2.13. The summed E-state index contributed by atoms with van der Waals surface area (Å²) in [4.78, 5) is 29.4. The second-order valence-corrected chi connectivity index (χ2v) is 6.89. The average molecular weight is 407 g/mol. The van der Waals surface area contributed by atoms with Crippen LogP contribution in [0, 0.1) is 6.92 Å². The number of fused-ring (bicyclic) bond motifs is 1. The fourth-order valence-electron chi connectivity index (χ4n) is 3.22. The molecule has 2 heterocycles. The van der Waals surface area contributed by atoms with Gasteiger partial charge in [0.05, 0.1) is 26.3 Å². The van der Waals surface area contributed by atoms with Gasteiger partial charge >= 0.3 is 0 Å². The number of benzene rings is 2. The van der Waals surface area contributed by atoms with Gasteiger partial charge in [-0.05, 0) is 19.1 Å². The summed E-state index contributed by atoms with van der Waals surface area (Å²) in [7, 11) is 3.05.